The lowest BCUT2D eigenvalue weighted by atomic mass is 10.2. The average Bonchev–Trinajstić information content (AvgIpc) is 2.44. The molecule has 106 valence electrons. The Morgan fingerprint density at radius 2 is 1.85 bits per heavy atom. The monoisotopic (exact) mass is 273 g/mol. The van der Waals surface area contributed by atoms with Gasteiger partial charge in [0, 0.05) is 19.0 Å². The van der Waals surface area contributed by atoms with Crippen LogP contribution in [0.1, 0.15) is 24.8 Å². The Bertz CT molecular complexity index is 478. The molecular formula is C16H19NO3. The van der Waals surface area contributed by atoms with Gasteiger partial charge in [-0.05, 0) is 18.4 Å². The Hall–Kier alpha value is -2.36. The van der Waals surface area contributed by atoms with E-state index in [2.05, 4.69) is 5.32 Å². The predicted molar refractivity (Wildman–Crippen MR) is 79.1 cm³/mol. The van der Waals surface area contributed by atoms with Crippen molar-refractivity contribution in [1.29, 1.82) is 0 Å². The van der Waals surface area contributed by atoms with E-state index < -0.39 is 5.97 Å². The van der Waals surface area contributed by atoms with Crippen molar-refractivity contribution in [2.75, 3.05) is 6.54 Å². The van der Waals surface area contributed by atoms with Crippen LogP contribution in [0.5, 0.6) is 0 Å². The van der Waals surface area contributed by atoms with E-state index in [1.807, 2.05) is 36.4 Å². The zero-order valence-electron chi connectivity index (χ0n) is 11.3. The summed E-state index contributed by atoms with van der Waals surface area (Å²) < 4.78 is 0. The maximum atomic E-state index is 11.4. The Kier molecular flexibility index (Phi) is 7.50. The molecule has 0 unspecified atom stereocenters. The van der Waals surface area contributed by atoms with Gasteiger partial charge in [-0.3, -0.25) is 9.59 Å². The summed E-state index contributed by atoms with van der Waals surface area (Å²) in [5.74, 6) is -0.972. The molecule has 0 aliphatic rings. The van der Waals surface area contributed by atoms with Crippen LogP contribution >= 0.6 is 0 Å². The molecule has 1 aromatic rings. The first kappa shape index (κ1) is 15.7. The number of amides is 1. The van der Waals surface area contributed by atoms with Gasteiger partial charge < -0.3 is 10.4 Å². The summed E-state index contributed by atoms with van der Waals surface area (Å²) in [6.07, 6.45) is 8.25. The molecule has 4 nitrogen and oxygen atoms in total. The van der Waals surface area contributed by atoms with Crippen molar-refractivity contribution in [2.45, 2.75) is 19.3 Å². The number of benzene rings is 1. The number of hydrogen-bond acceptors (Lipinski definition) is 2. The van der Waals surface area contributed by atoms with Crippen LogP contribution in [-0.2, 0) is 9.59 Å². The van der Waals surface area contributed by atoms with Crippen molar-refractivity contribution < 1.29 is 14.7 Å². The molecule has 0 aliphatic carbocycles. The highest BCUT2D eigenvalue weighted by Gasteiger charge is 1.97. The first-order valence-corrected chi connectivity index (χ1v) is 6.58. The first-order valence-electron chi connectivity index (χ1n) is 6.58. The molecule has 0 bridgehead atoms. The fourth-order valence-corrected chi connectivity index (χ4v) is 1.55. The maximum Gasteiger partial charge on any atom is 0.303 e. The Morgan fingerprint density at radius 3 is 2.55 bits per heavy atom. The number of nitrogens with one attached hydrogen (secondary N) is 1. The summed E-state index contributed by atoms with van der Waals surface area (Å²) in [6, 6.07) is 9.81. The summed E-state index contributed by atoms with van der Waals surface area (Å²) in [5.41, 5.74) is 1.08. The number of allylic oxidation sites excluding steroid dienone is 2. The van der Waals surface area contributed by atoms with E-state index in [4.69, 9.17) is 5.11 Å². The third kappa shape index (κ3) is 7.87. The Balaban J connectivity index is 2.17. The molecule has 0 radical (unpaired) electrons. The summed E-state index contributed by atoms with van der Waals surface area (Å²) in [4.78, 5) is 21.7. The van der Waals surface area contributed by atoms with Crippen molar-refractivity contribution >= 4 is 18.0 Å². The lowest BCUT2D eigenvalue weighted by Gasteiger charge is -2.00. The fourth-order valence-electron chi connectivity index (χ4n) is 1.55. The van der Waals surface area contributed by atoms with Crippen LogP contribution in [0, 0.1) is 0 Å². The number of carbonyl (C=O) groups is 2. The van der Waals surface area contributed by atoms with Gasteiger partial charge in [-0.25, -0.2) is 0 Å². The second-order valence-electron chi connectivity index (χ2n) is 4.27. The lowest BCUT2D eigenvalue weighted by molar-refractivity contribution is -0.137. The summed E-state index contributed by atoms with van der Waals surface area (Å²) in [6.45, 7) is 0.499. The zero-order chi connectivity index (χ0) is 14.6. The van der Waals surface area contributed by atoms with E-state index in [1.54, 1.807) is 12.2 Å². The molecule has 4 heteroatoms. The van der Waals surface area contributed by atoms with E-state index >= 15 is 0 Å². The fraction of sp³-hybridized carbons (Fsp3) is 0.250. The topological polar surface area (TPSA) is 66.4 Å². The molecule has 0 aliphatic heterocycles. The van der Waals surface area contributed by atoms with Gasteiger partial charge in [0.15, 0.2) is 0 Å². The molecule has 1 aromatic carbocycles. The number of carboxylic acids is 1. The lowest BCUT2D eigenvalue weighted by Crippen LogP contribution is -2.22. The molecule has 0 spiro atoms. The third-order valence-corrected chi connectivity index (χ3v) is 2.56. The van der Waals surface area contributed by atoms with Gasteiger partial charge in [-0.2, -0.15) is 0 Å². The van der Waals surface area contributed by atoms with Crippen LogP contribution in [0.3, 0.4) is 0 Å². The van der Waals surface area contributed by atoms with Crippen LogP contribution in [-0.4, -0.2) is 23.5 Å². The van der Waals surface area contributed by atoms with Crippen LogP contribution in [0.4, 0.5) is 0 Å². The van der Waals surface area contributed by atoms with Crippen molar-refractivity contribution in [3.05, 3.63) is 54.1 Å². The van der Waals surface area contributed by atoms with Crippen LogP contribution in [0.2, 0.25) is 0 Å². The summed E-state index contributed by atoms with van der Waals surface area (Å²) in [5, 5.41) is 11.2. The smallest absolute Gasteiger partial charge is 0.303 e. The standard InChI is InChI=1S/C16H19NO3/c18-15(17-13-7-6-12-16(19)20)11-5-4-10-14-8-2-1-3-9-14/h1-5,8-11H,6-7,12-13H2,(H,17,18)(H,19,20). The minimum absolute atomic E-state index is 0.144. The SMILES string of the molecule is O=C(O)CCCCNC(=O)C=CC=Cc1ccccc1. The second-order valence-corrected chi connectivity index (χ2v) is 4.27. The third-order valence-electron chi connectivity index (χ3n) is 2.56. The molecule has 0 heterocycles. The summed E-state index contributed by atoms with van der Waals surface area (Å²) >= 11 is 0. The predicted octanol–water partition coefficient (Wildman–Crippen LogP) is 2.63. The van der Waals surface area contributed by atoms with Crippen LogP contribution < -0.4 is 5.32 Å². The second kappa shape index (κ2) is 9.55. The molecular weight excluding hydrogens is 254 g/mol. The van der Waals surface area contributed by atoms with Gasteiger partial charge in [0.2, 0.25) is 5.91 Å². The van der Waals surface area contributed by atoms with E-state index in [-0.39, 0.29) is 12.3 Å². The normalized spacial score (nSPS) is 11.0. The van der Waals surface area contributed by atoms with Crippen molar-refractivity contribution in [2.24, 2.45) is 0 Å². The largest absolute Gasteiger partial charge is 0.481 e. The van der Waals surface area contributed by atoms with Gasteiger partial charge in [-0.1, -0.05) is 48.6 Å². The van der Waals surface area contributed by atoms with Gasteiger partial charge in [0.05, 0.1) is 0 Å². The van der Waals surface area contributed by atoms with Crippen LogP contribution in [0.25, 0.3) is 6.08 Å². The van der Waals surface area contributed by atoms with Gasteiger partial charge >= 0.3 is 5.97 Å². The van der Waals surface area contributed by atoms with Gasteiger partial charge in [0.1, 0.15) is 0 Å². The number of carboxylic acid groups (broad SMARTS) is 1. The van der Waals surface area contributed by atoms with Crippen LogP contribution in [0.15, 0.2) is 48.6 Å². The molecule has 20 heavy (non-hydrogen) atoms. The molecule has 0 atom stereocenters. The molecule has 0 saturated carbocycles. The molecule has 1 amide bonds. The number of aliphatic carboxylic acids is 1. The highest BCUT2D eigenvalue weighted by molar-refractivity contribution is 5.87. The van der Waals surface area contributed by atoms with E-state index in [9.17, 15) is 9.59 Å². The highest BCUT2D eigenvalue weighted by Crippen LogP contribution is 2.00. The first-order chi connectivity index (χ1) is 9.68. The number of unbranched alkanes of at least 4 members (excludes halogenated alkanes) is 1. The molecule has 0 aromatic heterocycles. The Morgan fingerprint density at radius 1 is 1.10 bits per heavy atom. The minimum Gasteiger partial charge on any atom is -0.481 e. The van der Waals surface area contributed by atoms with Gasteiger partial charge in [0.25, 0.3) is 0 Å². The summed E-state index contributed by atoms with van der Waals surface area (Å²) in [7, 11) is 0. The molecule has 1 rings (SSSR count). The van der Waals surface area contributed by atoms with E-state index in [1.165, 1.54) is 6.08 Å². The Labute approximate surface area is 118 Å². The van der Waals surface area contributed by atoms with E-state index in [0.29, 0.717) is 19.4 Å². The highest BCUT2D eigenvalue weighted by atomic mass is 16.4. The number of carbonyl (C=O) groups excluding carboxylic acids is 1. The average molecular weight is 273 g/mol. The quantitative estimate of drug-likeness (QED) is 0.434. The van der Waals surface area contributed by atoms with Crippen molar-refractivity contribution in [1.82, 2.24) is 5.32 Å². The van der Waals surface area contributed by atoms with E-state index in [0.717, 1.165) is 5.56 Å². The van der Waals surface area contributed by atoms with Gasteiger partial charge in [-0.15, -0.1) is 0 Å². The van der Waals surface area contributed by atoms with Crippen molar-refractivity contribution in [3.63, 3.8) is 0 Å². The molecule has 0 fully saturated rings. The number of hydrogen-bond donors (Lipinski definition) is 2. The maximum absolute atomic E-state index is 11.4. The minimum atomic E-state index is -0.803. The zero-order valence-corrected chi connectivity index (χ0v) is 11.3. The number of rotatable bonds is 8. The molecule has 0 saturated heterocycles. The van der Waals surface area contributed by atoms with Crippen molar-refractivity contribution in [3.8, 4) is 0 Å². The molecule has 2 N–H and O–H groups in total.